The average molecular weight is 395 g/mol. The fourth-order valence-electron chi connectivity index (χ4n) is 4.26. The molecule has 1 spiro atoms. The van der Waals surface area contributed by atoms with Gasteiger partial charge < -0.3 is 15.4 Å². The van der Waals surface area contributed by atoms with Crippen LogP contribution in [0.25, 0.3) is 10.4 Å². The molecule has 0 unspecified atom stereocenters. The molecule has 1 aromatic carbocycles. The number of likely N-dealkylation sites (tertiary alicyclic amines) is 1. The topological polar surface area (TPSA) is 84.2 Å². The molecular formula is C21H22N4O2S. The van der Waals surface area contributed by atoms with Gasteiger partial charge in [-0.1, -0.05) is 30.3 Å². The number of thiophene rings is 1. The van der Waals surface area contributed by atoms with Crippen LogP contribution in [0.2, 0.25) is 0 Å². The summed E-state index contributed by atoms with van der Waals surface area (Å²) in [7, 11) is 0. The maximum absolute atomic E-state index is 12.7. The number of hydrogen-bond acceptors (Lipinski definition) is 5. The largest absolute Gasteiger partial charge is 0.382 e. The monoisotopic (exact) mass is 394 g/mol. The predicted molar refractivity (Wildman–Crippen MR) is 109 cm³/mol. The Bertz CT molecular complexity index is 1000. The summed E-state index contributed by atoms with van der Waals surface area (Å²) in [5.74, 6) is 0.286. The van der Waals surface area contributed by atoms with E-state index in [1.54, 1.807) is 6.07 Å². The first-order valence-electron chi connectivity index (χ1n) is 9.57. The Kier molecular flexibility index (Phi) is 4.21. The molecule has 2 aliphatic rings. The normalized spacial score (nSPS) is 18.2. The van der Waals surface area contributed by atoms with Gasteiger partial charge in [-0.2, -0.15) is 5.10 Å². The molecule has 1 fully saturated rings. The molecule has 1 amide bonds. The molecule has 0 bridgehead atoms. The highest BCUT2D eigenvalue weighted by atomic mass is 32.1. The summed E-state index contributed by atoms with van der Waals surface area (Å²) < 4.78 is 6.35. The number of nitrogens with two attached hydrogens (primary N) is 1. The van der Waals surface area contributed by atoms with E-state index in [-0.39, 0.29) is 11.5 Å². The second-order valence-electron chi connectivity index (χ2n) is 7.40. The number of benzene rings is 1. The highest BCUT2D eigenvalue weighted by Crippen LogP contribution is 2.46. The number of hydrogen-bond donors (Lipinski definition) is 2. The Morgan fingerprint density at radius 2 is 2.00 bits per heavy atom. The van der Waals surface area contributed by atoms with Gasteiger partial charge in [-0.25, -0.2) is 0 Å². The van der Waals surface area contributed by atoms with E-state index in [0.717, 1.165) is 25.9 Å². The number of anilines is 1. The third-order valence-electron chi connectivity index (χ3n) is 5.75. The van der Waals surface area contributed by atoms with Gasteiger partial charge in [0.25, 0.3) is 5.91 Å². The van der Waals surface area contributed by atoms with Crippen LogP contribution in [0.5, 0.6) is 0 Å². The Morgan fingerprint density at radius 3 is 2.71 bits per heavy atom. The number of amides is 1. The van der Waals surface area contributed by atoms with Crippen molar-refractivity contribution >= 4 is 23.1 Å². The number of rotatable bonds is 2. The number of ether oxygens (including phenoxy) is 1. The van der Waals surface area contributed by atoms with E-state index in [4.69, 9.17) is 10.5 Å². The zero-order valence-electron chi connectivity index (χ0n) is 15.5. The molecule has 3 N–H and O–H groups in total. The van der Waals surface area contributed by atoms with E-state index in [9.17, 15) is 4.79 Å². The first-order chi connectivity index (χ1) is 13.6. The Morgan fingerprint density at radius 1 is 1.21 bits per heavy atom. The lowest BCUT2D eigenvalue weighted by molar-refractivity contribution is -0.0926. The molecule has 0 atom stereocenters. The van der Waals surface area contributed by atoms with Crippen LogP contribution in [0.15, 0.2) is 42.5 Å². The smallest absolute Gasteiger partial charge is 0.271 e. The third kappa shape index (κ3) is 2.91. The van der Waals surface area contributed by atoms with Crippen LogP contribution >= 0.6 is 11.3 Å². The van der Waals surface area contributed by atoms with Gasteiger partial charge in [-0.15, -0.1) is 11.3 Å². The number of nitrogen functional groups attached to an aromatic ring is 1. The van der Waals surface area contributed by atoms with Gasteiger partial charge in [0.1, 0.15) is 11.5 Å². The number of fused-ring (bicyclic) bond motifs is 2. The molecule has 5 rings (SSSR count). The summed E-state index contributed by atoms with van der Waals surface area (Å²) >= 11 is 1.88. The van der Waals surface area contributed by atoms with Crippen molar-refractivity contribution < 1.29 is 9.53 Å². The summed E-state index contributed by atoms with van der Waals surface area (Å²) in [5, 5.41) is 6.57. The fourth-order valence-corrected chi connectivity index (χ4v) is 5.50. The van der Waals surface area contributed by atoms with Crippen LogP contribution in [0.4, 0.5) is 5.82 Å². The highest BCUT2D eigenvalue weighted by molar-refractivity contribution is 7.15. The van der Waals surface area contributed by atoms with Gasteiger partial charge in [0, 0.05) is 35.3 Å². The molecule has 28 heavy (non-hydrogen) atoms. The first kappa shape index (κ1) is 17.5. The van der Waals surface area contributed by atoms with Crippen molar-refractivity contribution in [3.05, 3.63) is 58.6 Å². The summed E-state index contributed by atoms with van der Waals surface area (Å²) in [6, 6.07) is 14.4. The number of nitrogens with one attached hydrogen (secondary N) is 1. The maximum atomic E-state index is 12.7. The predicted octanol–water partition coefficient (Wildman–Crippen LogP) is 3.42. The standard InChI is InChI=1S/C21H22N4O2S/c22-19-13-16(23-24-19)20(26)25-9-7-21(8-10-25)15-12-18(14-4-2-1-3-5-14)28-17(15)6-11-27-21/h1-5,12-13H,6-11H2,(H3,22,23,24). The van der Waals surface area contributed by atoms with Crippen molar-refractivity contribution in [2.45, 2.75) is 24.9 Å². The number of aromatic amines is 1. The SMILES string of the molecule is Nc1cc(C(=O)N2CCC3(CC2)OCCc2sc(-c4ccccc4)cc23)[nH]n1. The van der Waals surface area contributed by atoms with Crippen LogP contribution in [0.3, 0.4) is 0 Å². The second-order valence-corrected chi connectivity index (χ2v) is 8.54. The van der Waals surface area contributed by atoms with Crippen LogP contribution in [-0.4, -0.2) is 40.7 Å². The summed E-state index contributed by atoms with van der Waals surface area (Å²) in [6.45, 7) is 2.06. The second kappa shape index (κ2) is 6.76. The average Bonchev–Trinajstić information content (AvgIpc) is 3.36. The molecule has 144 valence electrons. The number of piperidine rings is 1. The Labute approximate surface area is 167 Å². The Balaban J connectivity index is 1.38. The minimum Gasteiger partial charge on any atom is -0.382 e. The van der Waals surface area contributed by atoms with E-state index in [1.165, 1.54) is 20.9 Å². The Hall–Kier alpha value is -2.64. The first-order valence-corrected chi connectivity index (χ1v) is 10.4. The molecular weight excluding hydrogens is 372 g/mol. The van der Waals surface area contributed by atoms with Crippen molar-refractivity contribution in [1.29, 1.82) is 0 Å². The number of aromatic nitrogens is 2. The van der Waals surface area contributed by atoms with Gasteiger partial charge in [-0.3, -0.25) is 9.89 Å². The molecule has 2 aromatic heterocycles. The van der Waals surface area contributed by atoms with Crippen LogP contribution in [0.1, 0.15) is 33.8 Å². The minimum absolute atomic E-state index is 0.0506. The molecule has 6 nitrogen and oxygen atoms in total. The van der Waals surface area contributed by atoms with E-state index >= 15 is 0 Å². The quantitative estimate of drug-likeness (QED) is 0.697. The van der Waals surface area contributed by atoms with Gasteiger partial charge in [-0.05, 0) is 30.0 Å². The van der Waals surface area contributed by atoms with E-state index < -0.39 is 0 Å². The van der Waals surface area contributed by atoms with Crippen molar-refractivity contribution in [1.82, 2.24) is 15.1 Å². The molecule has 1 saturated heterocycles. The number of carbonyl (C=O) groups is 1. The molecule has 7 heteroatoms. The van der Waals surface area contributed by atoms with E-state index in [1.807, 2.05) is 22.3 Å². The lowest BCUT2D eigenvalue weighted by Crippen LogP contribution is -2.48. The van der Waals surface area contributed by atoms with Gasteiger partial charge >= 0.3 is 0 Å². The number of H-pyrrole nitrogens is 1. The summed E-state index contributed by atoms with van der Waals surface area (Å²) in [4.78, 5) is 17.3. The van der Waals surface area contributed by atoms with E-state index in [2.05, 4.69) is 40.5 Å². The zero-order valence-corrected chi connectivity index (χ0v) is 16.3. The molecule has 2 aliphatic heterocycles. The minimum atomic E-state index is -0.277. The third-order valence-corrected chi connectivity index (χ3v) is 7.00. The maximum Gasteiger partial charge on any atom is 0.271 e. The summed E-state index contributed by atoms with van der Waals surface area (Å²) in [5.41, 5.74) is 8.37. The molecule has 0 radical (unpaired) electrons. The zero-order chi connectivity index (χ0) is 19.1. The lowest BCUT2D eigenvalue weighted by atomic mass is 9.82. The van der Waals surface area contributed by atoms with Gasteiger partial charge in [0.05, 0.1) is 12.2 Å². The highest BCUT2D eigenvalue weighted by Gasteiger charge is 2.43. The van der Waals surface area contributed by atoms with Crippen molar-refractivity contribution in [2.24, 2.45) is 0 Å². The number of nitrogens with zero attached hydrogens (tertiary/aromatic N) is 2. The van der Waals surface area contributed by atoms with Crippen molar-refractivity contribution in [3.8, 4) is 10.4 Å². The van der Waals surface area contributed by atoms with Crippen molar-refractivity contribution in [2.75, 3.05) is 25.4 Å². The fraction of sp³-hybridized carbons (Fsp3) is 0.333. The molecule has 4 heterocycles. The number of carbonyl (C=O) groups excluding carboxylic acids is 1. The molecule has 0 saturated carbocycles. The van der Waals surface area contributed by atoms with Gasteiger partial charge in [0.15, 0.2) is 0 Å². The summed E-state index contributed by atoms with van der Waals surface area (Å²) in [6.07, 6.45) is 2.57. The molecule has 3 aromatic rings. The van der Waals surface area contributed by atoms with Crippen LogP contribution in [0, 0.1) is 0 Å². The van der Waals surface area contributed by atoms with E-state index in [0.29, 0.717) is 24.6 Å². The van der Waals surface area contributed by atoms with Crippen LogP contribution in [-0.2, 0) is 16.8 Å². The van der Waals surface area contributed by atoms with Gasteiger partial charge in [0.2, 0.25) is 0 Å². The van der Waals surface area contributed by atoms with Crippen molar-refractivity contribution in [3.63, 3.8) is 0 Å². The van der Waals surface area contributed by atoms with Crippen LogP contribution < -0.4 is 5.73 Å². The molecule has 0 aliphatic carbocycles. The lowest BCUT2D eigenvalue weighted by Gasteiger charge is -2.44.